The monoisotopic (exact) mass is 432 g/mol. The molecule has 0 bridgehead atoms. The molecule has 32 heavy (non-hydrogen) atoms. The molecule has 0 aliphatic carbocycles. The van der Waals surface area contributed by atoms with E-state index in [-0.39, 0.29) is 11.7 Å². The van der Waals surface area contributed by atoms with Crippen LogP contribution in [0.2, 0.25) is 0 Å². The van der Waals surface area contributed by atoms with E-state index in [0.717, 1.165) is 42.7 Å². The molecule has 1 aliphatic heterocycles. The second-order valence-electron chi connectivity index (χ2n) is 7.69. The summed E-state index contributed by atoms with van der Waals surface area (Å²) in [6.07, 6.45) is 6.95. The van der Waals surface area contributed by atoms with Crippen LogP contribution in [0, 0.1) is 0 Å². The van der Waals surface area contributed by atoms with Crippen molar-refractivity contribution in [3.05, 3.63) is 66.1 Å². The van der Waals surface area contributed by atoms with Crippen LogP contribution >= 0.6 is 0 Å². The van der Waals surface area contributed by atoms with Crippen LogP contribution in [0.3, 0.4) is 0 Å². The number of ether oxygens (including phenoxy) is 1. The first-order valence-corrected chi connectivity index (χ1v) is 10.8. The number of aromatic nitrogens is 2. The van der Waals surface area contributed by atoms with Crippen molar-refractivity contribution in [2.24, 2.45) is 5.73 Å². The van der Waals surface area contributed by atoms with Gasteiger partial charge in [-0.15, -0.1) is 0 Å². The van der Waals surface area contributed by atoms with Gasteiger partial charge in [0, 0.05) is 31.0 Å². The summed E-state index contributed by atoms with van der Waals surface area (Å²) in [4.78, 5) is 23.7. The molecule has 1 aromatic carbocycles. The fourth-order valence-electron chi connectivity index (χ4n) is 3.74. The molecular weight excluding hydrogens is 404 g/mol. The molecule has 1 aliphatic rings. The molecule has 1 saturated heterocycles. The Labute approximate surface area is 187 Å². The Balaban J connectivity index is 1.55. The Morgan fingerprint density at radius 2 is 1.88 bits per heavy atom. The Kier molecular flexibility index (Phi) is 6.94. The molecule has 0 unspecified atom stereocenters. The molecule has 166 valence electrons. The van der Waals surface area contributed by atoms with Crippen molar-refractivity contribution >= 4 is 23.1 Å². The summed E-state index contributed by atoms with van der Waals surface area (Å²) in [5, 5.41) is 2.96. The topological polar surface area (TPSA) is 119 Å². The van der Waals surface area contributed by atoms with Crippen LogP contribution in [0.5, 0.6) is 0 Å². The summed E-state index contributed by atoms with van der Waals surface area (Å²) in [6, 6.07) is 11.9. The zero-order chi connectivity index (χ0) is 22.3. The normalized spacial score (nSPS) is 13.7. The van der Waals surface area contributed by atoms with Gasteiger partial charge in [0.1, 0.15) is 5.82 Å². The van der Waals surface area contributed by atoms with Gasteiger partial charge in [0.2, 0.25) is 0 Å². The number of nitrogens with one attached hydrogen (secondary N) is 1. The van der Waals surface area contributed by atoms with Crippen LogP contribution in [0.4, 0.5) is 17.2 Å². The first-order valence-electron chi connectivity index (χ1n) is 10.8. The second-order valence-corrected chi connectivity index (χ2v) is 7.69. The van der Waals surface area contributed by atoms with Crippen LogP contribution in [0.25, 0.3) is 11.1 Å². The summed E-state index contributed by atoms with van der Waals surface area (Å²) in [7, 11) is 0. The minimum Gasteiger partial charge on any atom is -0.383 e. The lowest BCUT2D eigenvalue weighted by molar-refractivity contribution is 0.102. The van der Waals surface area contributed by atoms with Crippen LogP contribution in [0.1, 0.15) is 22.3 Å². The molecule has 1 amide bonds. The first kappa shape index (κ1) is 21.7. The Morgan fingerprint density at radius 1 is 1.09 bits per heavy atom. The molecule has 8 heteroatoms. The average molecular weight is 433 g/mol. The van der Waals surface area contributed by atoms with E-state index >= 15 is 0 Å². The predicted molar refractivity (Wildman–Crippen MR) is 127 cm³/mol. The molecule has 0 radical (unpaired) electrons. The van der Waals surface area contributed by atoms with Crippen molar-refractivity contribution in [2.45, 2.75) is 12.8 Å². The molecule has 4 rings (SSSR count). The van der Waals surface area contributed by atoms with Gasteiger partial charge in [0.05, 0.1) is 36.3 Å². The van der Waals surface area contributed by atoms with Gasteiger partial charge in [-0.1, -0.05) is 24.3 Å². The summed E-state index contributed by atoms with van der Waals surface area (Å²) in [6.45, 7) is 3.49. The summed E-state index contributed by atoms with van der Waals surface area (Å²) in [5.41, 5.74) is 16.5. The predicted octanol–water partition coefficient (Wildman–Crippen LogP) is 2.71. The summed E-state index contributed by atoms with van der Waals surface area (Å²) >= 11 is 0. The van der Waals surface area contributed by atoms with Crippen LogP contribution in [0.15, 0.2) is 55.0 Å². The van der Waals surface area contributed by atoms with E-state index in [1.54, 1.807) is 24.7 Å². The van der Waals surface area contributed by atoms with Crippen LogP contribution < -0.4 is 21.7 Å². The number of hydrogen-bond acceptors (Lipinski definition) is 7. The van der Waals surface area contributed by atoms with Gasteiger partial charge in [-0.2, -0.15) is 0 Å². The minimum atomic E-state index is -0.320. The third-order valence-electron chi connectivity index (χ3n) is 5.52. The smallest absolute Gasteiger partial charge is 0.259 e. The number of pyridine rings is 2. The van der Waals surface area contributed by atoms with Gasteiger partial charge >= 0.3 is 0 Å². The summed E-state index contributed by atoms with van der Waals surface area (Å²) in [5.74, 6) is -0.137. The number of rotatable bonds is 7. The van der Waals surface area contributed by atoms with Crippen molar-refractivity contribution in [1.29, 1.82) is 0 Å². The van der Waals surface area contributed by atoms with Crippen LogP contribution in [-0.2, 0) is 11.2 Å². The van der Waals surface area contributed by atoms with E-state index in [1.165, 1.54) is 5.56 Å². The van der Waals surface area contributed by atoms with E-state index in [4.69, 9.17) is 16.2 Å². The molecule has 8 nitrogen and oxygen atoms in total. The number of benzene rings is 1. The van der Waals surface area contributed by atoms with E-state index < -0.39 is 0 Å². The van der Waals surface area contributed by atoms with E-state index in [0.29, 0.717) is 31.0 Å². The van der Waals surface area contributed by atoms with Crippen molar-refractivity contribution in [3.63, 3.8) is 0 Å². The SMILES string of the molecule is NCCCc1ccc(-c2cnc(N)c(C(=O)Nc3cnccc3N3CCOCC3)c2)cc1. The lowest BCUT2D eigenvalue weighted by Crippen LogP contribution is -2.36. The maximum atomic E-state index is 13.1. The van der Waals surface area contributed by atoms with Crippen molar-refractivity contribution in [1.82, 2.24) is 9.97 Å². The lowest BCUT2D eigenvalue weighted by Gasteiger charge is -2.30. The second kappa shape index (κ2) is 10.2. The lowest BCUT2D eigenvalue weighted by atomic mass is 10.0. The molecule has 1 fully saturated rings. The number of nitrogen functional groups attached to an aromatic ring is 1. The number of amides is 1. The van der Waals surface area contributed by atoms with E-state index in [9.17, 15) is 4.79 Å². The number of aryl methyl sites for hydroxylation is 1. The Morgan fingerprint density at radius 3 is 2.62 bits per heavy atom. The fourth-order valence-corrected chi connectivity index (χ4v) is 3.74. The molecule has 0 atom stereocenters. The summed E-state index contributed by atoms with van der Waals surface area (Å²) < 4.78 is 5.43. The van der Waals surface area contributed by atoms with Gasteiger partial charge in [0.25, 0.3) is 5.91 Å². The minimum absolute atomic E-state index is 0.183. The molecule has 2 aromatic heterocycles. The number of hydrogen-bond donors (Lipinski definition) is 3. The molecule has 3 heterocycles. The molecule has 5 N–H and O–H groups in total. The highest BCUT2D eigenvalue weighted by atomic mass is 16.5. The Hall–Kier alpha value is -3.49. The number of carbonyl (C=O) groups excluding carboxylic acids is 1. The standard InChI is InChI=1S/C24H28N6O2/c25-8-1-2-17-3-5-18(6-4-17)19-14-20(23(26)28-15-19)24(31)29-21-16-27-9-7-22(21)30-10-12-32-13-11-30/h3-7,9,14-16H,1-2,8,10-13,25H2,(H2,26,28)(H,29,31). The molecular formula is C24H28N6O2. The maximum Gasteiger partial charge on any atom is 0.259 e. The number of nitrogens with two attached hydrogens (primary N) is 2. The third-order valence-corrected chi connectivity index (χ3v) is 5.52. The molecule has 0 spiro atoms. The highest BCUT2D eigenvalue weighted by molar-refractivity contribution is 6.09. The number of carbonyl (C=O) groups is 1. The highest BCUT2D eigenvalue weighted by Gasteiger charge is 2.18. The average Bonchev–Trinajstić information content (AvgIpc) is 2.84. The van der Waals surface area contributed by atoms with Crippen LogP contribution in [-0.4, -0.2) is 48.7 Å². The quantitative estimate of drug-likeness (QED) is 0.525. The van der Waals surface area contributed by atoms with Gasteiger partial charge < -0.3 is 26.4 Å². The van der Waals surface area contributed by atoms with E-state index in [1.807, 2.05) is 18.2 Å². The van der Waals surface area contributed by atoms with E-state index in [2.05, 4.69) is 32.3 Å². The zero-order valence-electron chi connectivity index (χ0n) is 18.0. The van der Waals surface area contributed by atoms with Crippen molar-refractivity contribution < 1.29 is 9.53 Å². The Bertz CT molecular complexity index is 1060. The third kappa shape index (κ3) is 5.04. The number of nitrogens with zero attached hydrogens (tertiary/aromatic N) is 3. The van der Waals surface area contributed by atoms with Crippen molar-refractivity contribution in [2.75, 3.05) is 48.8 Å². The largest absolute Gasteiger partial charge is 0.383 e. The van der Waals surface area contributed by atoms with Gasteiger partial charge in [-0.3, -0.25) is 9.78 Å². The first-order chi connectivity index (χ1) is 15.7. The fraction of sp³-hybridized carbons (Fsp3) is 0.292. The van der Waals surface area contributed by atoms with Crippen molar-refractivity contribution in [3.8, 4) is 11.1 Å². The number of morpholine rings is 1. The van der Waals surface area contributed by atoms with Gasteiger partial charge in [0.15, 0.2) is 0 Å². The van der Waals surface area contributed by atoms with Gasteiger partial charge in [-0.25, -0.2) is 4.98 Å². The number of anilines is 3. The highest BCUT2D eigenvalue weighted by Crippen LogP contribution is 2.28. The molecule has 3 aromatic rings. The maximum absolute atomic E-state index is 13.1. The molecule has 0 saturated carbocycles. The van der Waals surface area contributed by atoms with Gasteiger partial charge in [-0.05, 0) is 42.6 Å². The zero-order valence-corrected chi connectivity index (χ0v) is 18.0.